The van der Waals surface area contributed by atoms with Crippen LogP contribution in [-0.4, -0.2) is 66.2 Å². The molecule has 1 aliphatic heterocycles. The number of nitrogens with one attached hydrogen (secondary N) is 1. The Bertz CT molecular complexity index is 813. The van der Waals surface area contributed by atoms with Crippen molar-refractivity contribution in [3.63, 3.8) is 0 Å². The molecule has 0 radical (unpaired) electrons. The van der Waals surface area contributed by atoms with Crippen LogP contribution in [0.5, 0.6) is 0 Å². The Balaban J connectivity index is 1.41. The number of piperazine rings is 1. The molecule has 1 aliphatic rings. The molecule has 0 saturated carbocycles. The standard InChI is InChI=1S/C21H29N3O3S/c1-17-5-3-6-19(15-17)28(26)16-18-7-8-20(27-18)21(25)22-9-4-10-24-13-11-23(2)12-14-24/h3,5-8,15H,4,9-14,16H2,1-2H3,(H,22,25)/t28-/m0/s1. The summed E-state index contributed by atoms with van der Waals surface area (Å²) in [6.45, 7) is 7.97. The van der Waals surface area contributed by atoms with Crippen molar-refractivity contribution in [3.05, 3.63) is 53.5 Å². The van der Waals surface area contributed by atoms with Gasteiger partial charge in [-0.15, -0.1) is 0 Å². The molecule has 2 aromatic rings. The highest BCUT2D eigenvalue weighted by Gasteiger charge is 2.15. The number of amides is 1. The van der Waals surface area contributed by atoms with Crippen LogP contribution in [0.4, 0.5) is 0 Å². The van der Waals surface area contributed by atoms with E-state index in [2.05, 4.69) is 22.2 Å². The molecule has 1 N–H and O–H groups in total. The van der Waals surface area contributed by atoms with E-state index in [0.717, 1.165) is 49.6 Å². The Labute approximate surface area is 169 Å². The zero-order valence-corrected chi connectivity index (χ0v) is 17.5. The fourth-order valence-electron chi connectivity index (χ4n) is 3.21. The first-order chi connectivity index (χ1) is 13.5. The fraction of sp³-hybridized carbons (Fsp3) is 0.476. The van der Waals surface area contributed by atoms with Crippen molar-refractivity contribution in [1.82, 2.24) is 15.1 Å². The minimum Gasteiger partial charge on any atom is -0.455 e. The van der Waals surface area contributed by atoms with Crippen molar-refractivity contribution in [2.24, 2.45) is 0 Å². The number of benzene rings is 1. The first-order valence-electron chi connectivity index (χ1n) is 9.74. The van der Waals surface area contributed by atoms with Crippen molar-refractivity contribution in [2.75, 3.05) is 46.3 Å². The molecule has 1 aromatic carbocycles. The average Bonchev–Trinajstić information content (AvgIpc) is 3.15. The smallest absolute Gasteiger partial charge is 0.286 e. The predicted molar refractivity (Wildman–Crippen MR) is 111 cm³/mol. The second-order valence-electron chi connectivity index (χ2n) is 7.33. The number of hydrogen-bond acceptors (Lipinski definition) is 5. The lowest BCUT2D eigenvalue weighted by atomic mass is 10.2. The number of carbonyl (C=O) groups is 1. The summed E-state index contributed by atoms with van der Waals surface area (Å²) in [5.74, 6) is 0.879. The molecule has 152 valence electrons. The van der Waals surface area contributed by atoms with Crippen molar-refractivity contribution in [2.45, 2.75) is 24.0 Å². The van der Waals surface area contributed by atoms with Gasteiger partial charge in [-0.2, -0.15) is 0 Å². The van der Waals surface area contributed by atoms with Crippen molar-refractivity contribution in [3.8, 4) is 0 Å². The quantitative estimate of drug-likeness (QED) is 0.685. The van der Waals surface area contributed by atoms with Crippen molar-refractivity contribution < 1.29 is 13.4 Å². The summed E-state index contributed by atoms with van der Waals surface area (Å²) in [6, 6.07) is 11.0. The average molecular weight is 404 g/mol. The minimum absolute atomic E-state index is 0.217. The van der Waals surface area contributed by atoms with E-state index < -0.39 is 10.8 Å². The van der Waals surface area contributed by atoms with Crippen LogP contribution in [0.3, 0.4) is 0 Å². The van der Waals surface area contributed by atoms with Gasteiger partial charge in [0, 0.05) is 37.6 Å². The summed E-state index contributed by atoms with van der Waals surface area (Å²) in [4.78, 5) is 17.8. The molecule has 0 spiro atoms. The lowest BCUT2D eigenvalue weighted by molar-refractivity contribution is 0.0920. The molecule has 7 heteroatoms. The van der Waals surface area contributed by atoms with E-state index in [1.807, 2.05) is 31.2 Å². The number of carbonyl (C=O) groups excluding carboxylic acids is 1. The Morgan fingerprint density at radius 3 is 2.71 bits per heavy atom. The maximum absolute atomic E-state index is 12.5. The second-order valence-corrected chi connectivity index (χ2v) is 8.78. The third-order valence-corrected chi connectivity index (χ3v) is 6.27. The van der Waals surface area contributed by atoms with Crippen LogP contribution in [0.1, 0.15) is 28.3 Å². The highest BCUT2D eigenvalue weighted by Crippen LogP contribution is 2.16. The van der Waals surface area contributed by atoms with Gasteiger partial charge < -0.3 is 19.5 Å². The third-order valence-electron chi connectivity index (χ3n) is 4.94. The highest BCUT2D eigenvalue weighted by molar-refractivity contribution is 7.84. The van der Waals surface area contributed by atoms with Gasteiger partial charge in [0.25, 0.3) is 5.91 Å². The zero-order valence-electron chi connectivity index (χ0n) is 16.6. The van der Waals surface area contributed by atoms with Crippen molar-refractivity contribution in [1.29, 1.82) is 0 Å². The summed E-state index contributed by atoms with van der Waals surface area (Å²) >= 11 is 0. The first kappa shape index (κ1) is 20.8. The van der Waals surface area contributed by atoms with Crippen LogP contribution in [-0.2, 0) is 16.6 Å². The molecular weight excluding hydrogens is 374 g/mol. The summed E-state index contributed by atoms with van der Waals surface area (Å²) in [6.07, 6.45) is 0.917. The fourth-order valence-corrected chi connectivity index (χ4v) is 4.34. The molecule has 28 heavy (non-hydrogen) atoms. The van der Waals surface area contributed by atoms with Gasteiger partial charge in [-0.1, -0.05) is 12.1 Å². The minimum atomic E-state index is -1.19. The van der Waals surface area contributed by atoms with E-state index >= 15 is 0 Å². The molecule has 0 unspecified atom stereocenters. The van der Waals surface area contributed by atoms with Gasteiger partial charge in [-0.3, -0.25) is 9.00 Å². The Morgan fingerprint density at radius 2 is 1.96 bits per heavy atom. The van der Waals surface area contributed by atoms with Crippen LogP contribution >= 0.6 is 0 Å². The second kappa shape index (κ2) is 10.0. The zero-order chi connectivity index (χ0) is 19.9. The number of rotatable bonds is 8. The molecule has 1 fully saturated rings. The molecule has 1 saturated heterocycles. The molecule has 6 nitrogen and oxygen atoms in total. The predicted octanol–water partition coefficient (Wildman–Crippen LogP) is 2.26. The van der Waals surface area contributed by atoms with Gasteiger partial charge in [-0.25, -0.2) is 0 Å². The van der Waals surface area contributed by atoms with Gasteiger partial charge in [0.05, 0.1) is 16.6 Å². The normalized spacial score (nSPS) is 16.8. The summed E-state index contributed by atoms with van der Waals surface area (Å²) in [7, 11) is 0.953. The van der Waals surface area contributed by atoms with E-state index in [-0.39, 0.29) is 17.4 Å². The Kier molecular flexibility index (Phi) is 7.42. The van der Waals surface area contributed by atoms with E-state index in [9.17, 15) is 9.00 Å². The lowest BCUT2D eigenvalue weighted by Crippen LogP contribution is -2.45. The van der Waals surface area contributed by atoms with E-state index in [0.29, 0.717) is 12.3 Å². The van der Waals surface area contributed by atoms with Crippen molar-refractivity contribution >= 4 is 16.7 Å². The van der Waals surface area contributed by atoms with Gasteiger partial charge in [-0.05, 0) is 56.8 Å². The van der Waals surface area contributed by atoms with Crippen LogP contribution in [0, 0.1) is 6.92 Å². The van der Waals surface area contributed by atoms with E-state index in [4.69, 9.17) is 4.42 Å². The molecule has 0 aliphatic carbocycles. The molecule has 1 aromatic heterocycles. The number of hydrogen-bond donors (Lipinski definition) is 1. The third kappa shape index (κ3) is 6.02. The van der Waals surface area contributed by atoms with E-state index in [1.165, 1.54) is 0 Å². The molecular formula is C21H29N3O3S. The van der Waals surface area contributed by atoms with Gasteiger partial charge in [0.15, 0.2) is 5.76 Å². The lowest BCUT2D eigenvalue weighted by Gasteiger charge is -2.32. The number of nitrogens with zero attached hydrogens (tertiary/aromatic N) is 2. The maximum atomic E-state index is 12.5. The number of likely N-dealkylation sites (N-methyl/N-ethyl adjacent to an activating group) is 1. The van der Waals surface area contributed by atoms with Gasteiger partial charge >= 0.3 is 0 Å². The van der Waals surface area contributed by atoms with E-state index in [1.54, 1.807) is 12.1 Å². The van der Waals surface area contributed by atoms with Gasteiger partial charge in [0.2, 0.25) is 0 Å². The largest absolute Gasteiger partial charge is 0.455 e. The topological polar surface area (TPSA) is 65.8 Å². The summed E-state index contributed by atoms with van der Waals surface area (Å²) in [5.41, 5.74) is 1.07. The molecule has 3 rings (SSSR count). The van der Waals surface area contributed by atoms with Crippen LogP contribution in [0.25, 0.3) is 0 Å². The van der Waals surface area contributed by atoms with Crippen LogP contribution < -0.4 is 5.32 Å². The Hall–Kier alpha value is -1.96. The van der Waals surface area contributed by atoms with Gasteiger partial charge in [0.1, 0.15) is 5.76 Å². The summed E-state index contributed by atoms with van der Waals surface area (Å²) < 4.78 is 18.1. The SMILES string of the molecule is Cc1cccc([S@@](=O)Cc2ccc(C(=O)NCCCN3CCN(C)CC3)o2)c1. The number of furan rings is 1. The van der Waals surface area contributed by atoms with Crippen LogP contribution in [0.15, 0.2) is 45.7 Å². The van der Waals surface area contributed by atoms with Crippen LogP contribution in [0.2, 0.25) is 0 Å². The highest BCUT2D eigenvalue weighted by atomic mass is 32.2. The molecule has 0 bridgehead atoms. The Morgan fingerprint density at radius 1 is 1.18 bits per heavy atom. The first-order valence-corrected chi connectivity index (χ1v) is 11.1. The monoisotopic (exact) mass is 403 g/mol. The molecule has 2 heterocycles. The molecule has 1 amide bonds. The summed E-state index contributed by atoms with van der Waals surface area (Å²) in [5, 5.41) is 2.91. The number of aryl methyl sites for hydroxylation is 1. The maximum Gasteiger partial charge on any atom is 0.286 e. The molecule has 1 atom stereocenters.